The van der Waals surface area contributed by atoms with Crippen molar-refractivity contribution in [3.05, 3.63) is 65.2 Å². The Morgan fingerprint density at radius 2 is 1.72 bits per heavy atom. The first-order valence-electron chi connectivity index (χ1n) is 9.96. The van der Waals surface area contributed by atoms with Crippen molar-refractivity contribution < 1.29 is 9.59 Å². The number of nitrogens with one attached hydrogen (secondary N) is 1. The topological polar surface area (TPSA) is 55.9 Å². The highest BCUT2D eigenvalue weighted by Gasteiger charge is 2.51. The van der Waals surface area contributed by atoms with Crippen LogP contribution in [0.15, 0.2) is 54.6 Å². The van der Waals surface area contributed by atoms with Gasteiger partial charge in [0.2, 0.25) is 0 Å². The Balaban J connectivity index is 1.43. The zero-order chi connectivity index (χ0) is 20.4. The molecule has 3 amide bonds. The summed E-state index contributed by atoms with van der Waals surface area (Å²) in [6.45, 7) is 5.42. The van der Waals surface area contributed by atoms with Crippen molar-refractivity contribution in [3.8, 4) is 0 Å². The summed E-state index contributed by atoms with van der Waals surface area (Å²) in [5.74, 6) is -0.173. The molecule has 0 bridgehead atoms. The van der Waals surface area contributed by atoms with E-state index in [4.69, 9.17) is 11.6 Å². The number of rotatable bonds is 5. The maximum atomic E-state index is 13.3. The van der Waals surface area contributed by atoms with E-state index in [1.165, 1.54) is 4.90 Å². The van der Waals surface area contributed by atoms with Crippen LogP contribution in [0, 0.1) is 0 Å². The van der Waals surface area contributed by atoms with Gasteiger partial charge < -0.3 is 10.2 Å². The van der Waals surface area contributed by atoms with Gasteiger partial charge in [-0.1, -0.05) is 54.9 Å². The predicted molar refractivity (Wildman–Crippen MR) is 114 cm³/mol. The highest BCUT2D eigenvalue weighted by molar-refractivity contribution is 6.30. The van der Waals surface area contributed by atoms with Crippen LogP contribution in [0.25, 0.3) is 0 Å². The van der Waals surface area contributed by atoms with Crippen LogP contribution < -0.4 is 10.2 Å². The number of carbonyl (C=O) groups is 2. The number of hydrogen-bond donors (Lipinski definition) is 1. The minimum Gasteiger partial charge on any atom is -0.369 e. The summed E-state index contributed by atoms with van der Waals surface area (Å²) in [6, 6.07) is 17.0. The molecule has 0 radical (unpaired) electrons. The fourth-order valence-electron chi connectivity index (χ4n) is 4.14. The second-order valence-electron chi connectivity index (χ2n) is 7.51. The van der Waals surface area contributed by atoms with Crippen molar-refractivity contribution >= 4 is 29.2 Å². The zero-order valence-corrected chi connectivity index (χ0v) is 17.2. The first-order valence-corrected chi connectivity index (χ1v) is 10.3. The van der Waals surface area contributed by atoms with Crippen molar-refractivity contribution in [3.63, 3.8) is 0 Å². The van der Waals surface area contributed by atoms with Gasteiger partial charge in [-0.3, -0.25) is 9.69 Å². The number of anilines is 1. The van der Waals surface area contributed by atoms with Gasteiger partial charge in [0.25, 0.3) is 5.91 Å². The number of imide groups is 1. The molecule has 2 fully saturated rings. The Hall–Kier alpha value is -2.57. The molecule has 1 unspecified atom stereocenters. The molecule has 2 aromatic rings. The molecular weight excluding hydrogens is 388 g/mol. The van der Waals surface area contributed by atoms with Crippen LogP contribution in [-0.2, 0) is 10.3 Å². The monoisotopic (exact) mass is 412 g/mol. The van der Waals surface area contributed by atoms with Crippen molar-refractivity contribution in [1.82, 2.24) is 15.1 Å². The van der Waals surface area contributed by atoms with E-state index in [-0.39, 0.29) is 11.9 Å². The molecule has 29 heavy (non-hydrogen) atoms. The number of urea groups is 1. The average molecular weight is 413 g/mol. The third-order valence-electron chi connectivity index (χ3n) is 5.86. The minimum absolute atomic E-state index is 0.173. The van der Waals surface area contributed by atoms with Gasteiger partial charge in [-0.25, -0.2) is 9.69 Å². The maximum absolute atomic E-state index is 13.3. The number of piperazine rings is 1. The zero-order valence-electron chi connectivity index (χ0n) is 16.5. The third-order valence-corrected chi connectivity index (χ3v) is 6.09. The van der Waals surface area contributed by atoms with Crippen LogP contribution in [0.4, 0.5) is 10.5 Å². The van der Waals surface area contributed by atoms with Gasteiger partial charge in [0.05, 0.1) is 6.67 Å². The van der Waals surface area contributed by atoms with E-state index in [1.54, 1.807) is 0 Å². The van der Waals surface area contributed by atoms with Crippen LogP contribution in [0.1, 0.15) is 18.9 Å². The standard InChI is InChI=1S/C22H25ClN4O2/c1-2-22(17-7-4-3-5-8-17)20(28)27(21(29)24-22)16-25-11-13-26(14-12-25)19-10-6-9-18(23)15-19/h3-10,15H,2,11-14,16H2,1H3,(H,24,29). The summed E-state index contributed by atoms with van der Waals surface area (Å²) in [6.07, 6.45) is 0.515. The van der Waals surface area contributed by atoms with Gasteiger partial charge in [-0.2, -0.15) is 0 Å². The smallest absolute Gasteiger partial charge is 0.326 e. The van der Waals surface area contributed by atoms with Crippen molar-refractivity contribution in [2.24, 2.45) is 0 Å². The van der Waals surface area contributed by atoms with Crippen LogP contribution >= 0.6 is 11.6 Å². The number of amides is 3. The fraction of sp³-hybridized carbons (Fsp3) is 0.364. The van der Waals surface area contributed by atoms with Gasteiger partial charge in [0, 0.05) is 36.9 Å². The third kappa shape index (κ3) is 3.70. The van der Waals surface area contributed by atoms with Gasteiger partial charge in [0.1, 0.15) is 5.54 Å². The molecule has 0 spiro atoms. The Bertz CT molecular complexity index is 899. The molecule has 2 saturated heterocycles. The molecule has 152 valence electrons. The summed E-state index contributed by atoms with van der Waals surface area (Å²) < 4.78 is 0. The SMILES string of the molecule is CCC1(c2ccccc2)NC(=O)N(CN2CCN(c3cccc(Cl)c3)CC2)C1=O. The molecule has 6 nitrogen and oxygen atoms in total. The number of hydrogen-bond acceptors (Lipinski definition) is 4. The predicted octanol–water partition coefficient (Wildman–Crippen LogP) is 3.28. The largest absolute Gasteiger partial charge is 0.369 e. The Morgan fingerprint density at radius 1 is 1.00 bits per heavy atom. The molecule has 0 saturated carbocycles. The van der Waals surface area contributed by atoms with Crippen molar-refractivity contribution in [1.29, 1.82) is 0 Å². The molecule has 0 aliphatic carbocycles. The Morgan fingerprint density at radius 3 is 2.38 bits per heavy atom. The summed E-state index contributed by atoms with van der Waals surface area (Å²) in [5.41, 5.74) is 0.955. The lowest BCUT2D eigenvalue weighted by Gasteiger charge is -2.37. The minimum atomic E-state index is -0.971. The van der Waals surface area contributed by atoms with Gasteiger partial charge in [-0.15, -0.1) is 0 Å². The molecule has 2 heterocycles. The van der Waals surface area contributed by atoms with Crippen molar-refractivity contribution in [2.75, 3.05) is 37.7 Å². The van der Waals surface area contributed by atoms with Gasteiger partial charge >= 0.3 is 6.03 Å². The molecule has 0 aromatic heterocycles. The second-order valence-corrected chi connectivity index (χ2v) is 7.95. The number of carbonyl (C=O) groups excluding carboxylic acids is 2. The van der Waals surface area contributed by atoms with Crippen molar-refractivity contribution in [2.45, 2.75) is 18.9 Å². The summed E-state index contributed by atoms with van der Waals surface area (Å²) in [7, 11) is 0. The Kier molecular flexibility index (Phi) is 5.48. The normalized spacial score (nSPS) is 22.8. The van der Waals surface area contributed by atoms with Gasteiger partial charge in [-0.05, 0) is 30.2 Å². The summed E-state index contributed by atoms with van der Waals surface area (Å²) in [5, 5.41) is 3.67. The van der Waals surface area contributed by atoms with Crippen LogP contribution in [0.2, 0.25) is 5.02 Å². The first-order chi connectivity index (χ1) is 14.0. The second kappa shape index (κ2) is 8.05. The lowest BCUT2D eigenvalue weighted by Crippen LogP contribution is -2.51. The summed E-state index contributed by atoms with van der Waals surface area (Å²) in [4.78, 5) is 31.7. The lowest BCUT2D eigenvalue weighted by atomic mass is 9.87. The number of halogens is 1. The van der Waals surface area contributed by atoms with E-state index in [9.17, 15) is 9.59 Å². The number of nitrogens with zero attached hydrogens (tertiary/aromatic N) is 3. The number of benzene rings is 2. The van der Waals surface area contributed by atoms with E-state index in [2.05, 4.69) is 21.2 Å². The molecule has 2 aliphatic rings. The first kappa shape index (κ1) is 19.7. The van der Waals surface area contributed by atoms with E-state index in [0.717, 1.165) is 42.5 Å². The molecule has 1 N–H and O–H groups in total. The van der Waals surface area contributed by atoms with Crippen LogP contribution in [0.5, 0.6) is 0 Å². The summed E-state index contributed by atoms with van der Waals surface area (Å²) >= 11 is 6.10. The average Bonchev–Trinajstić information content (AvgIpc) is 3.00. The van der Waals surface area contributed by atoms with Crippen LogP contribution in [-0.4, -0.2) is 54.6 Å². The van der Waals surface area contributed by atoms with E-state index in [0.29, 0.717) is 13.1 Å². The highest BCUT2D eigenvalue weighted by Crippen LogP contribution is 2.32. The van der Waals surface area contributed by atoms with Crippen LogP contribution in [0.3, 0.4) is 0 Å². The maximum Gasteiger partial charge on any atom is 0.326 e. The van der Waals surface area contributed by atoms with E-state index >= 15 is 0 Å². The molecular formula is C22H25ClN4O2. The van der Waals surface area contributed by atoms with E-state index in [1.807, 2.05) is 55.5 Å². The fourth-order valence-corrected chi connectivity index (χ4v) is 4.32. The Labute approximate surface area is 176 Å². The lowest BCUT2D eigenvalue weighted by molar-refractivity contribution is -0.133. The molecule has 7 heteroatoms. The molecule has 2 aromatic carbocycles. The van der Waals surface area contributed by atoms with Gasteiger partial charge in [0.15, 0.2) is 0 Å². The molecule has 2 aliphatic heterocycles. The molecule has 1 atom stereocenters. The highest BCUT2D eigenvalue weighted by atomic mass is 35.5. The van der Waals surface area contributed by atoms with E-state index < -0.39 is 5.54 Å². The quantitative estimate of drug-likeness (QED) is 0.766. The molecule has 4 rings (SSSR count).